The maximum absolute atomic E-state index is 11.6. The Kier molecular flexibility index (Phi) is 5.31. The molecule has 4 atom stereocenters. The van der Waals surface area contributed by atoms with Gasteiger partial charge in [0, 0.05) is 5.92 Å². The number of ether oxygens (including phenoxy) is 1. The van der Waals surface area contributed by atoms with Crippen LogP contribution >= 0.6 is 11.6 Å². The monoisotopic (exact) mass is 274 g/mol. The Morgan fingerprint density at radius 1 is 1.33 bits per heavy atom. The smallest absolute Gasteiger partial charge is 0.324 e. The van der Waals surface area contributed by atoms with E-state index in [1.165, 1.54) is 45.2 Å². The van der Waals surface area contributed by atoms with Crippen LogP contribution in [0.15, 0.2) is 0 Å². The molecule has 1 N–H and O–H groups in total. The zero-order chi connectivity index (χ0) is 13.0. The first kappa shape index (κ1) is 14.1. The summed E-state index contributed by atoms with van der Waals surface area (Å²) in [5.41, 5.74) is 0. The molecule has 0 saturated carbocycles. The zero-order valence-electron chi connectivity index (χ0n) is 11.3. The zero-order valence-corrected chi connectivity index (χ0v) is 12.0. The van der Waals surface area contributed by atoms with Crippen molar-refractivity contribution in [2.45, 2.75) is 56.9 Å². The van der Waals surface area contributed by atoms with Crippen LogP contribution in [0.2, 0.25) is 0 Å². The van der Waals surface area contributed by atoms with Gasteiger partial charge in [0.15, 0.2) is 0 Å². The first-order valence-corrected chi connectivity index (χ1v) is 7.81. The largest absolute Gasteiger partial charge is 0.464 e. The minimum atomic E-state index is -0.469. The molecule has 18 heavy (non-hydrogen) atoms. The molecule has 0 aromatic rings. The lowest BCUT2D eigenvalue weighted by Crippen LogP contribution is -3.18. The highest BCUT2D eigenvalue weighted by Crippen LogP contribution is 2.21. The average molecular weight is 275 g/mol. The predicted molar refractivity (Wildman–Crippen MR) is 72.0 cm³/mol. The molecule has 104 valence electrons. The summed E-state index contributed by atoms with van der Waals surface area (Å²) in [6, 6.07) is 0.718. The number of carbonyl (C=O) groups excluding carboxylic acids is 1. The van der Waals surface area contributed by atoms with E-state index in [4.69, 9.17) is 16.3 Å². The van der Waals surface area contributed by atoms with Gasteiger partial charge >= 0.3 is 5.97 Å². The maximum Gasteiger partial charge on any atom is 0.324 e. The van der Waals surface area contributed by atoms with Gasteiger partial charge in [-0.2, -0.15) is 0 Å². The van der Waals surface area contributed by atoms with Gasteiger partial charge in [-0.15, -0.1) is 11.6 Å². The number of esters is 1. The van der Waals surface area contributed by atoms with Crippen LogP contribution in [-0.4, -0.2) is 37.1 Å². The van der Waals surface area contributed by atoms with Crippen LogP contribution in [0.5, 0.6) is 0 Å². The van der Waals surface area contributed by atoms with Gasteiger partial charge in [-0.05, 0) is 38.5 Å². The summed E-state index contributed by atoms with van der Waals surface area (Å²) in [5.74, 6) is 0.320. The average Bonchev–Trinajstić information content (AvgIpc) is 2.43. The molecule has 2 fully saturated rings. The maximum atomic E-state index is 11.6. The van der Waals surface area contributed by atoms with Gasteiger partial charge in [-0.25, -0.2) is 0 Å². The Morgan fingerprint density at radius 2 is 2.11 bits per heavy atom. The number of alkyl halides is 1. The van der Waals surface area contributed by atoms with Crippen LogP contribution in [0.25, 0.3) is 0 Å². The number of rotatable bonds is 4. The Labute approximate surface area is 115 Å². The van der Waals surface area contributed by atoms with Crippen molar-refractivity contribution < 1.29 is 14.4 Å². The van der Waals surface area contributed by atoms with Gasteiger partial charge < -0.3 is 9.64 Å². The van der Waals surface area contributed by atoms with Crippen LogP contribution in [0.3, 0.4) is 0 Å². The molecular weight excluding hydrogens is 250 g/mol. The summed E-state index contributed by atoms with van der Waals surface area (Å²) in [4.78, 5) is 13.4. The van der Waals surface area contributed by atoms with Gasteiger partial charge in [-0.3, -0.25) is 4.79 Å². The van der Waals surface area contributed by atoms with E-state index in [2.05, 4.69) is 0 Å². The highest BCUT2D eigenvalue weighted by molar-refractivity contribution is 6.29. The Hall–Kier alpha value is -0.280. The van der Waals surface area contributed by atoms with Crippen molar-refractivity contribution in [1.29, 1.82) is 0 Å². The molecular formula is C14H25ClNO2+. The van der Waals surface area contributed by atoms with Crippen molar-refractivity contribution in [2.24, 2.45) is 5.92 Å². The SMILES string of the molecule is CC[C@@H](Cl)C(=O)OC[C@H]1CCC[NH+]2CCCC[C@H]12. The molecule has 0 aliphatic carbocycles. The number of halogens is 1. The molecule has 0 amide bonds. The highest BCUT2D eigenvalue weighted by atomic mass is 35.5. The highest BCUT2D eigenvalue weighted by Gasteiger charge is 2.37. The van der Waals surface area contributed by atoms with Crippen LogP contribution < -0.4 is 4.90 Å². The molecule has 0 spiro atoms. The molecule has 1 unspecified atom stereocenters. The van der Waals surface area contributed by atoms with Crippen molar-refractivity contribution >= 4 is 17.6 Å². The second-order valence-corrected chi connectivity index (χ2v) is 6.20. The van der Waals surface area contributed by atoms with Crippen LogP contribution in [0.4, 0.5) is 0 Å². The topological polar surface area (TPSA) is 30.7 Å². The van der Waals surface area contributed by atoms with E-state index >= 15 is 0 Å². The van der Waals surface area contributed by atoms with E-state index in [0.29, 0.717) is 18.9 Å². The summed E-state index contributed by atoms with van der Waals surface area (Å²) >= 11 is 5.89. The van der Waals surface area contributed by atoms with Gasteiger partial charge in [0.2, 0.25) is 0 Å². The first-order chi connectivity index (χ1) is 8.72. The molecule has 2 heterocycles. The molecule has 2 aliphatic rings. The van der Waals surface area contributed by atoms with Crippen LogP contribution in [0, 0.1) is 5.92 Å². The molecule has 3 nitrogen and oxygen atoms in total. The minimum Gasteiger partial charge on any atom is -0.464 e. The summed E-state index contributed by atoms with van der Waals surface area (Å²) < 4.78 is 5.40. The van der Waals surface area contributed by atoms with Gasteiger partial charge in [-0.1, -0.05) is 6.92 Å². The van der Waals surface area contributed by atoms with Gasteiger partial charge in [0.25, 0.3) is 0 Å². The summed E-state index contributed by atoms with van der Waals surface area (Å²) in [6.07, 6.45) is 7.12. The number of hydrogen-bond donors (Lipinski definition) is 1. The Bertz CT molecular complexity index is 283. The predicted octanol–water partition coefficient (Wildman–Crippen LogP) is 1.39. The van der Waals surface area contributed by atoms with Crippen molar-refractivity contribution in [1.82, 2.24) is 0 Å². The fourth-order valence-electron chi connectivity index (χ4n) is 3.42. The second-order valence-electron chi connectivity index (χ2n) is 5.67. The number of fused-ring (bicyclic) bond motifs is 1. The van der Waals surface area contributed by atoms with Crippen LogP contribution in [0.1, 0.15) is 45.4 Å². The third-order valence-corrected chi connectivity index (χ3v) is 4.97. The second kappa shape index (κ2) is 6.76. The van der Waals surface area contributed by atoms with E-state index in [1.54, 1.807) is 4.90 Å². The van der Waals surface area contributed by atoms with Gasteiger partial charge in [0.05, 0.1) is 25.7 Å². The summed E-state index contributed by atoms with van der Waals surface area (Å²) in [6.45, 7) is 5.10. The lowest BCUT2D eigenvalue weighted by molar-refractivity contribution is -0.940. The molecule has 0 aromatic carbocycles. The molecule has 2 saturated heterocycles. The van der Waals surface area contributed by atoms with E-state index in [9.17, 15) is 4.79 Å². The molecule has 2 aliphatic heterocycles. The first-order valence-electron chi connectivity index (χ1n) is 7.37. The molecule has 0 radical (unpaired) electrons. The van der Waals surface area contributed by atoms with Crippen molar-refractivity contribution in [3.8, 4) is 0 Å². The fourth-order valence-corrected chi connectivity index (χ4v) is 3.49. The molecule has 2 rings (SSSR count). The lowest BCUT2D eigenvalue weighted by Gasteiger charge is -2.41. The third-order valence-electron chi connectivity index (χ3n) is 4.48. The Morgan fingerprint density at radius 3 is 2.89 bits per heavy atom. The summed E-state index contributed by atoms with van der Waals surface area (Å²) in [5, 5.41) is -0.469. The normalized spacial score (nSPS) is 33.6. The quantitative estimate of drug-likeness (QED) is 0.621. The number of nitrogens with one attached hydrogen (secondary N) is 1. The summed E-state index contributed by atoms with van der Waals surface area (Å²) in [7, 11) is 0. The van der Waals surface area contributed by atoms with Crippen molar-refractivity contribution in [2.75, 3.05) is 19.7 Å². The number of carbonyl (C=O) groups is 1. The van der Waals surface area contributed by atoms with Crippen LogP contribution in [-0.2, 0) is 9.53 Å². The minimum absolute atomic E-state index is 0.234. The third kappa shape index (κ3) is 3.39. The van der Waals surface area contributed by atoms with Crippen molar-refractivity contribution in [3.05, 3.63) is 0 Å². The number of quaternary nitrogens is 1. The number of hydrogen-bond acceptors (Lipinski definition) is 2. The van der Waals surface area contributed by atoms with E-state index in [0.717, 1.165) is 6.04 Å². The molecule has 4 heteroatoms. The standard InChI is InChI=1S/C14H24ClNO2/c1-2-12(15)14(17)18-10-11-6-5-9-16-8-4-3-7-13(11)16/h11-13H,2-10H2,1H3/p+1/t11-,12-,13-/m1/s1. The van der Waals surface area contributed by atoms with E-state index < -0.39 is 5.38 Å². The van der Waals surface area contributed by atoms with Crippen molar-refractivity contribution in [3.63, 3.8) is 0 Å². The van der Waals surface area contributed by atoms with E-state index in [-0.39, 0.29) is 5.97 Å². The molecule has 0 aromatic heterocycles. The number of piperidine rings is 2. The Balaban J connectivity index is 1.82. The lowest BCUT2D eigenvalue weighted by atomic mass is 9.84. The van der Waals surface area contributed by atoms with E-state index in [1.807, 2.05) is 6.92 Å². The molecule has 0 bridgehead atoms. The van der Waals surface area contributed by atoms with Gasteiger partial charge in [0.1, 0.15) is 5.38 Å². The fraction of sp³-hybridized carbons (Fsp3) is 0.929.